The van der Waals surface area contributed by atoms with Crippen molar-refractivity contribution in [3.8, 4) is 0 Å². The Morgan fingerprint density at radius 1 is 1.20 bits per heavy atom. The molecule has 0 N–H and O–H groups in total. The molecular weight excluding hydrogens is 337 g/mol. The van der Waals surface area contributed by atoms with Crippen molar-refractivity contribution < 1.29 is 9.18 Å². The van der Waals surface area contributed by atoms with Gasteiger partial charge in [0.25, 0.3) is 0 Å². The Morgan fingerprint density at radius 2 is 1.92 bits per heavy atom. The number of benzene rings is 1. The van der Waals surface area contributed by atoms with E-state index in [4.69, 9.17) is 0 Å². The van der Waals surface area contributed by atoms with Crippen LogP contribution in [0.2, 0.25) is 0 Å². The number of hydrogen-bond acceptors (Lipinski definition) is 4. The van der Waals surface area contributed by atoms with Crippen molar-refractivity contribution in [2.45, 2.75) is 26.2 Å². The van der Waals surface area contributed by atoms with Gasteiger partial charge in [0.15, 0.2) is 0 Å². The summed E-state index contributed by atoms with van der Waals surface area (Å²) in [7, 11) is 0. The number of hydrogen-bond donors (Lipinski definition) is 0. The zero-order valence-electron chi connectivity index (χ0n) is 14.4. The SMILES string of the molecule is Cc1nc2c(s1)CC(C(=O)N1CCN(c3ccc(F)cc3)CC1)CC2. The lowest BCUT2D eigenvalue weighted by Gasteiger charge is -2.38. The van der Waals surface area contributed by atoms with Crippen LogP contribution in [-0.4, -0.2) is 42.0 Å². The van der Waals surface area contributed by atoms with Crippen LogP contribution in [0.5, 0.6) is 0 Å². The van der Waals surface area contributed by atoms with Gasteiger partial charge in [-0.25, -0.2) is 9.37 Å². The number of aryl methyl sites for hydroxylation is 2. The number of aromatic nitrogens is 1. The fourth-order valence-corrected chi connectivity index (χ4v) is 4.87. The van der Waals surface area contributed by atoms with Crippen LogP contribution in [0.25, 0.3) is 0 Å². The summed E-state index contributed by atoms with van der Waals surface area (Å²) in [5.74, 6) is 0.174. The second kappa shape index (κ2) is 6.75. The standard InChI is InChI=1S/C19H22FN3OS/c1-13-21-17-7-2-14(12-18(17)25-13)19(24)23-10-8-22(9-11-23)16-5-3-15(20)4-6-16/h3-6,14H,2,7-12H2,1H3. The normalized spacial score (nSPS) is 20.5. The predicted octanol–water partition coefficient (Wildman–Crippen LogP) is 3.04. The quantitative estimate of drug-likeness (QED) is 0.827. The summed E-state index contributed by atoms with van der Waals surface area (Å²) in [4.78, 5) is 23.0. The molecule has 4 nitrogen and oxygen atoms in total. The number of thiazole rings is 1. The minimum atomic E-state index is -0.215. The summed E-state index contributed by atoms with van der Waals surface area (Å²) in [6.45, 7) is 5.11. The van der Waals surface area contributed by atoms with E-state index in [1.807, 2.05) is 24.0 Å². The fourth-order valence-electron chi connectivity index (χ4n) is 3.81. The lowest BCUT2D eigenvalue weighted by molar-refractivity contribution is -0.136. The van der Waals surface area contributed by atoms with Crippen molar-refractivity contribution in [2.75, 3.05) is 31.1 Å². The van der Waals surface area contributed by atoms with Crippen molar-refractivity contribution in [1.82, 2.24) is 9.88 Å². The molecule has 0 spiro atoms. The third kappa shape index (κ3) is 3.40. The molecule has 4 rings (SSSR count). The predicted molar refractivity (Wildman–Crippen MR) is 97.6 cm³/mol. The third-order valence-electron chi connectivity index (χ3n) is 5.18. The summed E-state index contributed by atoms with van der Waals surface area (Å²) in [5.41, 5.74) is 2.23. The molecule has 2 aromatic rings. The van der Waals surface area contributed by atoms with Crippen molar-refractivity contribution >= 4 is 22.9 Å². The van der Waals surface area contributed by atoms with E-state index < -0.39 is 0 Å². The first-order valence-corrected chi connectivity index (χ1v) is 9.66. The smallest absolute Gasteiger partial charge is 0.226 e. The monoisotopic (exact) mass is 359 g/mol. The van der Waals surface area contributed by atoms with E-state index in [1.54, 1.807) is 11.3 Å². The minimum absolute atomic E-state index is 0.102. The van der Waals surface area contributed by atoms with Crippen LogP contribution in [0.1, 0.15) is 22.0 Å². The second-order valence-electron chi connectivity index (χ2n) is 6.83. The van der Waals surface area contributed by atoms with Gasteiger partial charge in [-0.2, -0.15) is 0 Å². The summed E-state index contributed by atoms with van der Waals surface area (Å²) in [6.07, 6.45) is 2.68. The molecule has 132 valence electrons. The molecule has 1 fully saturated rings. The molecule has 1 aromatic heterocycles. The molecule has 1 aromatic carbocycles. The van der Waals surface area contributed by atoms with Gasteiger partial charge in [0.1, 0.15) is 5.82 Å². The maximum Gasteiger partial charge on any atom is 0.226 e. The van der Waals surface area contributed by atoms with E-state index in [9.17, 15) is 9.18 Å². The average molecular weight is 359 g/mol. The third-order valence-corrected chi connectivity index (χ3v) is 6.21. The van der Waals surface area contributed by atoms with E-state index in [1.165, 1.54) is 22.7 Å². The van der Waals surface area contributed by atoms with Gasteiger partial charge in [0, 0.05) is 42.7 Å². The van der Waals surface area contributed by atoms with Gasteiger partial charge in [-0.15, -0.1) is 11.3 Å². The van der Waals surface area contributed by atoms with Crippen LogP contribution in [0.4, 0.5) is 10.1 Å². The summed E-state index contributed by atoms with van der Waals surface area (Å²) in [5, 5.41) is 1.10. The van der Waals surface area contributed by atoms with Crippen molar-refractivity contribution in [3.05, 3.63) is 45.7 Å². The van der Waals surface area contributed by atoms with Gasteiger partial charge in [-0.05, 0) is 50.5 Å². The Morgan fingerprint density at radius 3 is 2.64 bits per heavy atom. The number of carbonyl (C=O) groups is 1. The topological polar surface area (TPSA) is 36.4 Å². The van der Waals surface area contributed by atoms with E-state index >= 15 is 0 Å². The largest absolute Gasteiger partial charge is 0.368 e. The number of fused-ring (bicyclic) bond motifs is 1. The summed E-state index contributed by atoms with van der Waals surface area (Å²) >= 11 is 1.74. The van der Waals surface area contributed by atoms with Gasteiger partial charge in [-0.1, -0.05) is 0 Å². The van der Waals surface area contributed by atoms with Gasteiger partial charge in [0.05, 0.1) is 10.7 Å². The molecule has 1 atom stereocenters. The average Bonchev–Trinajstić information content (AvgIpc) is 3.01. The Hall–Kier alpha value is -1.95. The van der Waals surface area contributed by atoms with E-state index in [2.05, 4.69) is 9.88 Å². The highest BCUT2D eigenvalue weighted by Crippen LogP contribution is 2.31. The molecule has 2 aliphatic rings. The molecule has 1 aliphatic heterocycles. The van der Waals surface area contributed by atoms with E-state index in [-0.39, 0.29) is 17.6 Å². The van der Waals surface area contributed by atoms with Crippen LogP contribution in [0.15, 0.2) is 24.3 Å². The number of halogens is 1. The number of rotatable bonds is 2. The van der Waals surface area contributed by atoms with Gasteiger partial charge in [-0.3, -0.25) is 4.79 Å². The molecule has 1 aliphatic carbocycles. The lowest BCUT2D eigenvalue weighted by Crippen LogP contribution is -2.51. The highest BCUT2D eigenvalue weighted by Gasteiger charge is 2.31. The Bertz CT molecular complexity index is 765. The molecule has 1 unspecified atom stereocenters. The first kappa shape index (κ1) is 16.5. The number of nitrogens with zero attached hydrogens (tertiary/aromatic N) is 3. The fraction of sp³-hybridized carbons (Fsp3) is 0.474. The first-order valence-electron chi connectivity index (χ1n) is 8.84. The van der Waals surface area contributed by atoms with Crippen molar-refractivity contribution in [1.29, 1.82) is 0 Å². The number of anilines is 1. The Labute approximate surface area is 151 Å². The molecule has 0 saturated carbocycles. The molecular formula is C19H22FN3OS. The zero-order chi connectivity index (χ0) is 17.4. The highest BCUT2D eigenvalue weighted by atomic mass is 32.1. The Kier molecular flexibility index (Phi) is 4.46. The molecule has 0 radical (unpaired) electrons. The van der Waals surface area contributed by atoms with Crippen molar-refractivity contribution in [2.24, 2.45) is 5.92 Å². The van der Waals surface area contributed by atoms with Crippen molar-refractivity contribution in [3.63, 3.8) is 0 Å². The molecule has 1 saturated heterocycles. The minimum Gasteiger partial charge on any atom is -0.368 e. The number of carbonyl (C=O) groups excluding carboxylic acids is 1. The molecule has 2 heterocycles. The molecule has 0 bridgehead atoms. The number of amides is 1. The second-order valence-corrected chi connectivity index (χ2v) is 8.12. The zero-order valence-corrected chi connectivity index (χ0v) is 15.2. The molecule has 6 heteroatoms. The van der Waals surface area contributed by atoms with Crippen LogP contribution in [0.3, 0.4) is 0 Å². The Balaban J connectivity index is 1.36. The van der Waals surface area contributed by atoms with Crippen LogP contribution >= 0.6 is 11.3 Å². The number of piperazine rings is 1. The highest BCUT2D eigenvalue weighted by molar-refractivity contribution is 7.11. The molecule has 1 amide bonds. The van der Waals surface area contributed by atoms with Gasteiger partial charge >= 0.3 is 0 Å². The van der Waals surface area contributed by atoms with Crippen LogP contribution < -0.4 is 4.90 Å². The summed E-state index contributed by atoms with van der Waals surface area (Å²) < 4.78 is 13.1. The summed E-state index contributed by atoms with van der Waals surface area (Å²) in [6, 6.07) is 6.59. The van der Waals surface area contributed by atoms with E-state index in [0.717, 1.165) is 56.1 Å². The van der Waals surface area contributed by atoms with Crippen LogP contribution in [-0.2, 0) is 17.6 Å². The van der Waals surface area contributed by atoms with Gasteiger partial charge in [0.2, 0.25) is 5.91 Å². The molecule has 25 heavy (non-hydrogen) atoms. The maximum absolute atomic E-state index is 13.1. The maximum atomic E-state index is 13.1. The van der Waals surface area contributed by atoms with Crippen LogP contribution in [0, 0.1) is 18.7 Å². The lowest BCUT2D eigenvalue weighted by atomic mass is 9.90. The van der Waals surface area contributed by atoms with E-state index in [0.29, 0.717) is 0 Å². The first-order chi connectivity index (χ1) is 12.1. The van der Waals surface area contributed by atoms with Gasteiger partial charge < -0.3 is 9.80 Å².